The highest BCUT2D eigenvalue weighted by Crippen LogP contribution is 2.30. The Hall–Kier alpha value is -2.41. The molecule has 23 heavy (non-hydrogen) atoms. The quantitative estimate of drug-likeness (QED) is 0.601. The van der Waals surface area contributed by atoms with E-state index in [2.05, 4.69) is 4.99 Å². The monoisotopic (exact) mass is 337 g/mol. The highest BCUT2D eigenvalue weighted by atomic mass is 32.1. The molecule has 1 aliphatic rings. The number of carbonyl (C=O) groups excluding carboxylic acids is 1. The van der Waals surface area contributed by atoms with Gasteiger partial charge in [0, 0.05) is 15.3 Å². The van der Waals surface area contributed by atoms with E-state index < -0.39 is 17.7 Å². The van der Waals surface area contributed by atoms with Gasteiger partial charge in [-0.25, -0.2) is 9.79 Å². The number of hydrogen-bond acceptors (Lipinski definition) is 4. The van der Waals surface area contributed by atoms with Gasteiger partial charge in [0.25, 0.3) is 0 Å². The van der Waals surface area contributed by atoms with Crippen molar-refractivity contribution in [2.75, 3.05) is 0 Å². The van der Waals surface area contributed by atoms with E-state index in [9.17, 15) is 18.0 Å². The van der Waals surface area contributed by atoms with Crippen LogP contribution in [0, 0.1) is 6.92 Å². The first-order valence-corrected chi connectivity index (χ1v) is 7.41. The van der Waals surface area contributed by atoms with Gasteiger partial charge in [-0.05, 0) is 49.4 Å². The molecule has 0 radical (unpaired) electrons. The fourth-order valence-electron chi connectivity index (χ4n) is 2.00. The predicted octanol–water partition coefficient (Wildman–Crippen LogP) is 4.42. The van der Waals surface area contributed by atoms with Crippen LogP contribution in [0.4, 0.5) is 13.2 Å². The Kier molecular flexibility index (Phi) is 3.81. The molecule has 0 saturated carbocycles. The van der Waals surface area contributed by atoms with Crippen molar-refractivity contribution in [3.63, 3.8) is 0 Å². The van der Waals surface area contributed by atoms with Gasteiger partial charge in [0.05, 0.1) is 5.56 Å². The SMILES string of the molecule is Cc1ccc(/C=C2\N=C(c3ccc(C(F)(F)F)cc3)OC2=O)s1. The zero-order chi connectivity index (χ0) is 16.6. The van der Waals surface area contributed by atoms with Crippen molar-refractivity contribution >= 4 is 29.3 Å². The summed E-state index contributed by atoms with van der Waals surface area (Å²) in [7, 11) is 0. The van der Waals surface area contributed by atoms with Crippen molar-refractivity contribution in [2.24, 2.45) is 4.99 Å². The summed E-state index contributed by atoms with van der Waals surface area (Å²) in [4.78, 5) is 17.8. The largest absolute Gasteiger partial charge is 0.416 e. The second-order valence-corrected chi connectivity index (χ2v) is 6.18. The van der Waals surface area contributed by atoms with Crippen LogP contribution in [0.2, 0.25) is 0 Å². The summed E-state index contributed by atoms with van der Waals surface area (Å²) in [5, 5.41) is 0. The van der Waals surface area contributed by atoms with Gasteiger partial charge in [0.1, 0.15) is 0 Å². The van der Waals surface area contributed by atoms with Gasteiger partial charge in [0.15, 0.2) is 5.70 Å². The van der Waals surface area contributed by atoms with Crippen molar-refractivity contribution in [3.05, 3.63) is 63.0 Å². The Labute approximate surface area is 133 Å². The molecular formula is C16H10F3NO2S. The van der Waals surface area contributed by atoms with E-state index in [0.717, 1.165) is 21.9 Å². The molecule has 0 spiro atoms. The van der Waals surface area contributed by atoms with Gasteiger partial charge in [-0.2, -0.15) is 13.2 Å². The molecule has 2 aromatic rings. The third kappa shape index (κ3) is 3.34. The molecule has 0 amide bonds. The van der Waals surface area contributed by atoms with E-state index in [4.69, 9.17) is 4.74 Å². The molecule has 0 saturated heterocycles. The lowest BCUT2D eigenvalue weighted by molar-refractivity contribution is -0.137. The summed E-state index contributed by atoms with van der Waals surface area (Å²) in [6.07, 6.45) is -2.81. The summed E-state index contributed by atoms with van der Waals surface area (Å²) >= 11 is 1.50. The van der Waals surface area contributed by atoms with Crippen LogP contribution in [0.1, 0.15) is 20.9 Å². The maximum absolute atomic E-state index is 12.5. The molecule has 1 aliphatic heterocycles. The summed E-state index contributed by atoms with van der Waals surface area (Å²) < 4.78 is 42.7. The number of carbonyl (C=O) groups is 1. The van der Waals surface area contributed by atoms with Crippen LogP contribution in [0.15, 0.2) is 47.1 Å². The van der Waals surface area contributed by atoms with Crippen LogP contribution >= 0.6 is 11.3 Å². The lowest BCUT2D eigenvalue weighted by atomic mass is 10.1. The average Bonchev–Trinajstić information content (AvgIpc) is 3.05. The second-order valence-electron chi connectivity index (χ2n) is 4.86. The maximum atomic E-state index is 12.5. The molecule has 3 rings (SSSR count). The number of ether oxygens (including phenoxy) is 1. The minimum absolute atomic E-state index is 0.00301. The zero-order valence-corrected chi connectivity index (χ0v) is 12.7. The zero-order valence-electron chi connectivity index (χ0n) is 11.8. The smallest absolute Gasteiger partial charge is 0.402 e. The number of halogens is 3. The molecule has 0 bridgehead atoms. The van der Waals surface area contributed by atoms with Gasteiger partial charge < -0.3 is 4.74 Å². The second kappa shape index (κ2) is 5.66. The minimum atomic E-state index is -4.41. The number of aliphatic imine (C=N–C) groups is 1. The van der Waals surface area contributed by atoms with Crippen LogP contribution in [0.5, 0.6) is 0 Å². The van der Waals surface area contributed by atoms with E-state index in [1.54, 1.807) is 6.08 Å². The Bertz CT molecular complexity index is 817. The number of hydrogen-bond donors (Lipinski definition) is 0. The highest BCUT2D eigenvalue weighted by molar-refractivity contribution is 7.12. The number of rotatable bonds is 2. The first-order valence-electron chi connectivity index (χ1n) is 6.59. The van der Waals surface area contributed by atoms with Crippen molar-refractivity contribution in [3.8, 4) is 0 Å². The van der Waals surface area contributed by atoms with Crippen LogP contribution in [0.3, 0.4) is 0 Å². The van der Waals surface area contributed by atoms with E-state index in [0.29, 0.717) is 5.56 Å². The number of nitrogens with zero attached hydrogens (tertiary/aromatic N) is 1. The lowest BCUT2D eigenvalue weighted by Crippen LogP contribution is -2.08. The average molecular weight is 337 g/mol. The summed E-state index contributed by atoms with van der Waals surface area (Å²) in [6.45, 7) is 1.94. The summed E-state index contributed by atoms with van der Waals surface area (Å²) in [6, 6.07) is 8.08. The summed E-state index contributed by atoms with van der Waals surface area (Å²) in [5.41, 5.74) is -0.324. The minimum Gasteiger partial charge on any atom is -0.402 e. The molecule has 0 aliphatic carbocycles. The number of esters is 1. The molecule has 0 N–H and O–H groups in total. The molecule has 118 valence electrons. The van der Waals surface area contributed by atoms with Crippen molar-refractivity contribution < 1.29 is 22.7 Å². The van der Waals surface area contributed by atoms with Gasteiger partial charge in [-0.15, -0.1) is 11.3 Å². The molecule has 0 unspecified atom stereocenters. The molecule has 1 aromatic heterocycles. The third-order valence-electron chi connectivity index (χ3n) is 3.12. The number of cyclic esters (lactones) is 1. The molecule has 3 nitrogen and oxygen atoms in total. The van der Waals surface area contributed by atoms with Crippen molar-refractivity contribution in [2.45, 2.75) is 13.1 Å². The van der Waals surface area contributed by atoms with Crippen molar-refractivity contribution in [1.29, 1.82) is 0 Å². The normalized spacial score (nSPS) is 16.6. The molecule has 7 heteroatoms. The molecule has 0 fully saturated rings. The predicted molar refractivity (Wildman–Crippen MR) is 81.1 cm³/mol. The molecule has 2 heterocycles. The topological polar surface area (TPSA) is 38.7 Å². The Morgan fingerprint density at radius 1 is 1.13 bits per heavy atom. The van der Waals surface area contributed by atoms with E-state index >= 15 is 0 Å². The maximum Gasteiger partial charge on any atom is 0.416 e. The van der Waals surface area contributed by atoms with Gasteiger partial charge >= 0.3 is 12.1 Å². The molecular weight excluding hydrogens is 327 g/mol. The van der Waals surface area contributed by atoms with Gasteiger partial charge in [-0.3, -0.25) is 0 Å². The Morgan fingerprint density at radius 2 is 1.83 bits per heavy atom. The molecule has 0 atom stereocenters. The third-order valence-corrected chi connectivity index (χ3v) is 4.07. The fourth-order valence-corrected chi connectivity index (χ4v) is 2.81. The lowest BCUT2D eigenvalue weighted by Gasteiger charge is -2.06. The summed E-state index contributed by atoms with van der Waals surface area (Å²) in [5.74, 6) is -0.616. The fraction of sp³-hybridized carbons (Fsp3) is 0.125. The van der Waals surface area contributed by atoms with Crippen molar-refractivity contribution in [1.82, 2.24) is 0 Å². The molecule has 1 aromatic carbocycles. The van der Waals surface area contributed by atoms with Crippen LogP contribution in [0.25, 0.3) is 6.08 Å². The van der Waals surface area contributed by atoms with Gasteiger partial charge in [0.2, 0.25) is 5.90 Å². The number of aryl methyl sites for hydroxylation is 1. The highest BCUT2D eigenvalue weighted by Gasteiger charge is 2.31. The van der Waals surface area contributed by atoms with Gasteiger partial charge in [-0.1, -0.05) is 0 Å². The standard InChI is InChI=1S/C16H10F3NO2S/c1-9-2-7-12(23-9)8-13-15(21)22-14(20-13)10-3-5-11(6-4-10)16(17,18)19/h2-8H,1H3/b13-8-. The van der Waals surface area contributed by atoms with Crippen LogP contribution in [-0.2, 0) is 15.7 Å². The Morgan fingerprint density at radius 3 is 2.39 bits per heavy atom. The van der Waals surface area contributed by atoms with E-state index in [-0.39, 0.29) is 11.6 Å². The number of alkyl halides is 3. The van der Waals surface area contributed by atoms with E-state index in [1.165, 1.54) is 23.5 Å². The Balaban J connectivity index is 1.88. The van der Waals surface area contributed by atoms with Crippen LogP contribution < -0.4 is 0 Å². The number of benzene rings is 1. The van der Waals surface area contributed by atoms with Crippen LogP contribution in [-0.4, -0.2) is 11.9 Å². The first kappa shape index (κ1) is 15.5. The van der Waals surface area contributed by atoms with E-state index in [1.807, 2.05) is 19.1 Å². The first-order chi connectivity index (χ1) is 10.8. The number of thiophene rings is 1.